The van der Waals surface area contributed by atoms with Gasteiger partial charge in [0.2, 0.25) is 5.91 Å². The minimum absolute atomic E-state index is 0.245. The molecule has 1 amide bonds. The minimum atomic E-state index is -5.13. The highest BCUT2D eigenvalue weighted by atomic mass is 31.2. The van der Waals surface area contributed by atoms with Crippen LogP contribution in [0.25, 0.3) is 0 Å². The molecule has 0 aromatic rings. The lowest BCUT2D eigenvalue weighted by Gasteiger charge is -2.41. The van der Waals surface area contributed by atoms with Gasteiger partial charge < -0.3 is 46.0 Å². The van der Waals surface area contributed by atoms with Gasteiger partial charge in [-0.15, -0.1) is 0 Å². The molecule has 1 saturated carbocycles. The largest absolute Gasteiger partial charge is 0.472 e. The lowest BCUT2D eigenvalue weighted by atomic mass is 9.85. The van der Waals surface area contributed by atoms with E-state index in [1.54, 1.807) is 6.08 Å². The molecule has 1 aliphatic rings. The van der Waals surface area contributed by atoms with Crippen molar-refractivity contribution in [2.45, 2.75) is 319 Å². The van der Waals surface area contributed by atoms with Crippen LogP contribution >= 0.6 is 7.82 Å². The summed E-state index contributed by atoms with van der Waals surface area (Å²) < 4.78 is 22.7. The zero-order valence-corrected chi connectivity index (χ0v) is 46.5. The van der Waals surface area contributed by atoms with Crippen LogP contribution in [0.15, 0.2) is 36.5 Å². The molecular formula is C58H110NO12P. The highest BCUT2D eigenvalue weighted by Gasteiger charge is 2.51. The molecule has 0 aliphatic heterocycles. The first-order chi connectivity index (χ1) is 34.8. The van der Waals surface area contributed by atoms with Gasteiger partial charge in [0.15, 0.2) is 0 Å². The molecular weight excluding hydrogens is 934 g/mol. The average Bonchev–Trinajstić information content (AvgIpc) is 3.36. The van der Waals surface area contributed by atoms with Gasteiger partial charge in [0.25, 0.3) is 0 Å². The minimum Gasteiger partial charge on any atom is -0.393 e. The van der Waals surface area contributed by atoms with Gasteiger partial charge in [0, 0.05) is 0 Å². The first-order valence-corrected chi connectivity index (χ1v) is 31.0. The third-order valence-electron chi connectivity index (χ3n) is 14.2. The van der Waals surface area contributed by atoms with Crippen molar-refractivity contribution in [2.24, 2.45) is 0 Å². The van der Waals surface area contributed by atoms with Crippen LogP contribution in [0.1, 0.15) is 264 Å². The maximum atomic E-state index is 12.9. The monoisotopic (exact) mass is 1040 g/mol. The van der Waals surface area contributed by atoms with E-state index >= 15 is 0 Å². The second kappa shape index (κ2) is 46.8. The topological polar surface area (TPSA) is 226 Å². The highest BCUT2D eigenvalue weighted by Crippen LogP contribution is 2.47. The molecule has 0 heterocycles. The second-order valence-electron chi connectivity index (χ2n) is 21.0. The predicted octanol–water partition coefficient (Wildman–Crippen LogP) is 12.4. The van der Waals surface area contributed by atoms with Crippen LogP contribution in [0, 0.1) is 0 Å². The number of unbranched alkanes of at least 4 members (excludes halogenated alkanes) is 33. The Bertz CT molecular complexity index is 1370. The Hall–Kier alpha value is -1.48. The number of phosphoric acid groups is 1. The number of hydrogen-bond donors (Lipinski definition) is 9. The van der Waals surface area contributed by atoms with Crippen LogP contribution in [-0.4, -0.2) is 108 Å². The Morgan fingerprint density at radius 2 is 0.847 bits per heavy atom. The van der Waals surface area contributed by atoms with Gasteiger partial charge in [-0.2, -0.15) is 0 Å². The van der Waals surface area contributed by atoms with Crippen LogP contribution in [0.2, 0.25) is 0 Å². The molecule has 0 aromatic heterocycles. The SMILES string of the molecule is CCCCC/C=C/C(O)C(COP(=O)(O)OC1C(O)C(O)C(O)C(O)C1O)NC(=O)CC(O)CCCCCCCCCCCCCCCCC/C=C\C/C=C\CCCCCCCCCCCCCCCCC. The molecule has 1 fully saturated rings. The highest BCUT2D eigenvalue weighted by molar-refractivity contribution is 7.47. The number of aliphatic hydroxyl groups is 7. The molecule has 0 bridgehead atoms. The van der Waals surface area contributed by atoms with Crippen molar-refractivity contribution in [3.8, 4) is 0 Å². The molecule has 14 heteroatoms. The van der Waals surface area contributed by atoms with Gasteiger partial charge in [-0.3, -0.25) is 13.8 Å². The van der Waals surface area contributed by atoms with E-state index < -0.39 is 75.2 Å². The molecule has 424 valence electrons. The molecule has 9 N–H and O–H groups in total. The van der Waals surface area contributed by atoms with Crippen LogP contribution in [-0.2, 0) is 18.4 Å². The van der Waals surface area contributed by atoms with Crippen LogP contribution < -0.4 is 5.32 Å². The summed E-state index contributed by atoms with van der Waals surface area (Å²) in [5, 5.41) is 74.1. The molecule has 1 aliphatic carbocycles. The van der Waals surface area contributed by atoms with Crippen molar-refractivity contribution in [1.29, 1.82) is 0 Å². The molecule has 8 atom stereocenters. The van der Waals surface area contributed by atoms with E-state index in [1.807, 2.05) is 0 Å². The summed E-state index contributed by atoms with van der Waals surface area (Å²) in [4.78, 5) is 23.3. The molecule has 0 radical (unpaired) electrons. The normalized spacial score (nSPS) is 21.8. The van der Waals surface area contributed by atoms with Gasteiger partial charge in [-0.05, 0) is 51.4 Å². The van der Waals surface area contributed by atoms with Crippen molar-refractivity contribution in [3.05, 3.63) is 36.5 Å². The fourth-order valence-electron chi connectivity index (χ4n) is 9.45. The van der Waals surface area contributed by atoms with E-state index in [-0.39, 0.29) is 6.42 Å². The Kier molecular flexibility index (Phi) is 44.5. The zero-order chi connectivity index (χ0) is 52.9. The lowest BCUT2D eigenvalue weighted by molar-refractivity contribution is -0.220. The van der Waals surface area contributed by atoms with Crippen LogP contribution in [0.3, 0.4) is 0 Å². The Morgan fingerprint density at radius 1 is 0.500 bits per heavy atom. The molecule has 0 aromatic carbocycles. The summed E-state index contributed by atoms with van der Waals surface area (Å²) in [6, 6.07) is -1.24. The molecule has 13 nitrogen and oxygen atoms in total. The number of aliphatic hydroxyl groups excluding tert-OH is 7. The summed E-state index contributed by atoms with van der Waals surface area (Å²) in [7, 11) is -5.13. The molecule has 8 unspecified atom stereocenters. The van der Waals surface area contributed by atoms with E-state index in [4.69, 9.17) is 9.05 Å². The van der Waals surface area contributed by atoms with Crippen molar-refractivity contribution in [3.63, 3.8) is 0 Å². The standard InChI is InChI=1S/C58H110NO12P/c1-3-5-7-9-10-11-12-13-14-15-16-17-18-19-20-21-22-23-24-25-26-27-28-29-30-31-32-33-34-35-36-37-38-39-40-42-43-45-49(60)47-52(62)59-50(51(61)46-44-41-8-6-4-2)48-70-72(68,69)71-58-56(66)54(64)53(63)55(65)57(58)67/h22-23,25-26,44,46,49-51,53-58,60-61,63-67H,3-21,24,27-43,45,47-48H2,1-2H3,(H,59,62)(H,68,69)/b23-22-,26-25-,46-44+. The number of amides is 1. The van der Waals surface area contributed by atoms with E-state index in [2.05, 4.69) is 43.5 Å². The first kappa shape index (κ1) is 68.5. The van der Waals surface area contributed by atoms with E-state index in [9.17, 15) is 50.0 Å². The number of phosphoric ester groups is 1. The van der Waals surface area contributed by atoms with Crippen molar-refractivity contribution < 1.29 is 59.0 Å². The smallest absolute Gasteiger partial charge is 0.393 e. The number of carbonyl (C=O) groups is 1. The summed E-state index contributed by atoms with van der Waals surface area (Å²) >= 11 is 0. The maximum Gasteiger partial charge on any atom is 0.472 e. The third-order valence-corrected chi connectivity index (χ3v) is 15.2. The number of rotatable bonds is 50. The van der Waals surface area contributed by atoms with Crippen LogP contribution in [0.4, 0.5) is 0 Å². The van der Waals surface area contributed by atoms with Gasteiger partial charge in [0.1, 0.15) is 36.6 Å². The molecule has 1 rings (SSSR count). The maximum absolute atomic E-state index is 12.9. The summed E-state index contributed by atoms with van der Waals surface area (Å²) in [6.07, 6.45) is 45.2. The van der Waals surface area contributed by atoms with Crippen molar-refractivity contribution in [1.82, 2.24) is 5.32 Å². The molecule has 0 saturated heterocycles. The van der Waals surface area contributed by atoms with Gasteiger partial charge in [0.05, 0.1) is 31.3 Å². The zero-order valence-electron chi connectivity index (χ0n) is 45.6. The lowest BCUT2D eigenvalue weighted by Crippen LogP contribution is -2.64. The van der Waals surface area contributed by atoms with E-state index in [0.717, 1.165) is 51.4 Å². The van der Waals surface area contributed by atoms with Crippen LogP contribution in [0.5, 0.6) is 0 Å². The summed E-state index contributed by atoms with van der Waals surface area (Å²) in [5.74, 6) is -0.598. The van der Waals surface area contributed by atoms with Gasteiger partial charge >= 0.3 is 7.82 Å². The second-order valence-corrected chi connectivity index (χ2v) is 22.4. The third kappa shape index (κ3) is 37.3. The van der Waals surface area contributed by atoms with E-state index in [0.29, 0.717) is 12.8 Å². The van der Waals surface area contributed by atoms with Gasteiger partial charge in [-0.1, -0.05) is 243 Å². The predicted molar refractivity (Wildman–Crippen MR) is 293 cm³/mol. The summed E-state index contributed by atoms with van der Waals surface area (Å²) in [5.41, 5.74) is 0. The first-order valence-electron chi connectivity index (χ1n) is 29.5. The molecule has 72 heavy (non-hydrogen) atoms. The van der Waals surface area contributed by atoms with Crippen molar-refractivity contribution in [2.75, 3.05) is 6.61 Å². The summed E-state index contributed by atoms with van der Waals surface area (Å²) in [6.45, 7) is 3.61. The fraction of sp³-hybridized carbons (Fsp3) is 0.879. The van der Waals surface area contributed by atoms with Gasteiger partial charge in [-0.25, -0.2) is 4.57 Å². The molecule has 0 spiro atoms. The van der Waals surface area contributed by atoms with Crippen molar-refractivity contribution >= 4 is 13.7 Å². The number of carbonyl (C=O) groups excluding carboxylic acids is 1. The Labute approximate surface area is 438 Å². The quantitative estimate of drug-likeness (QED) is 0.0158. The number of hydrogen-bond acceptors (Lipinski definition) is 11. The Balaban J connectivity index is 2.06. The van der Waals surface area contributed by atoms with E-state index in [1.165, 1.54) is 186 Å². The number of allylic oxidation sites excluding steroid dienone is 5. The average molecular weight is 1040 g/mol. The fourth-order valence-corrected chi connectivity index (χ4v) is 10.4. The number of nitrogens with one attached hydrogen (secondary N) is 1. The Morgan fingerprint density at radius 3 is 1.28 bits per heavy atom.